The van der Waals surface area contributed by atoms with Gasteiger partial charge in [-0.15, -0.1) is 0 Å². The summed E-state index contributed by atoms with van der Waals surface area (Å²) in [6.07, 6.45) is 5.67. The van der Waals surface area contributed by atoms with Crippen molar-refractivity contribution in [3.05, 3.63) is 0 Å². The number of rotatable bonds is 10. The van der Waals surface area contributed by atoms with Crippen LogP contribution in [-0.2, 0) is 9.53 Å². The summed E-state index contributed by atoms with van der Waals surface area (Å²) in [7, 11) is 0. The van der Waals surface area contributed by atoms with E-state index in [1.807, 2.05) is 0 Å². The van der Waals surface area contributed by atoms with E-state index in [1.165, 1.54) is 6.92 Å². The predicted molar refractivity (Wildman–Crippen MR) is 71.4 cm³/mol. The van der Waals surface area contributed by atoms with Gasteiger partial charge >= 0.3 is 6.09 Å². The van der Waals surface area contributed by atoms with Gasteiger partial charge in [0.1, 0.15) is 0 Å². The molecule has 0 aliphatic heterocycles. The molecule has 0 saturated heterocycles. The number of nitrogens with one attached hydrogen (secondary N) is 2. The van der Waals surface area contributed by atoms with Crippen LogP contribution in [0, 0.1) is 0 Å². The number of unbranched alkanes of at least 4 members (excludes halogenated alkanes) is 4. The Balaban J connectivity index is 3.15. The standard InChI is InChI=1S/C13H26N2O3/c1-3-4-11-18-13(17)15-10-8-6-5-7-9-14-12(2)16/h3-11H2,1-2H3,(H,14,16)(H,15,17). The van der Waals surface area contributed by atoms with E-state index in [0.717, 1.165) is 45.1 Å². The molecule has 2 amide bonds. The van der Waals surface area contributed by atoms with Gasteiger partial charge in [-0.25, -0.2) is 4.79 Å². The van der Waals surface area contributed by atoms with Crippen LogP contribution in [0.15, 0.2) is 0 Å². The quantitative estimate of drug-likeness (QED) is 0.590. The van der Waals surface area contributed by atoms with Gasteiger partial charge in [-0.05, 0) is 19.3 Å². The highest BCUT2D eigenvalue weighted by atomic mass is 16.5. The van der Waals surface area contributed by atoms with Crippen LogP contribution in [0.2, 0.25) is 0 Å². The molecule has 0 aromatic rings. The van der Waals surface area contributed by atoms with Gasteiger partial charge in [0, 0.05) is 20.0 Å². The van der Waals surface area contributed by atoms with Gasteiger partial charge in [-0.2, -0.15) is 0 Å². The fraction of sp³-hybridized carbons (Fsp3) is 0.846. The molecule has 0 heterocycles. The Morgan fingerprint density at radius 2 is 1.56 bits per heavy atom. The lowest BCUT2D eigenvalue weighted by Crippen LogP contribution is -2.25. The topological polar surface area (TPSA) is 67.4 Å². The van der Waals surface area contributed by atoms with Crippen molar-refractivity contribution in [1.82, 2.24) is 10.6 Å². The smallest absolute Gasteiger partial charge is 0.407 e. The van der Waals surface area contributed by atoms with E-state index in [-0.39, 0.29) is 12.0 Å². The monoisotopic (exact) mass is 258 g/mol. The first-order valence-electron chi connectivity index (χ1n) is 6.82. The summed E-state index contributed by atoms with van der Waals surface area (Å²) >= 11 is 0. The molecule has 0 saturated carbocycles. The molecule has 5 nitrogen and oxygen atoms in total. The van der Waals surface area contributed by atoms with Crippen LogP contribution in [-0.4, -0.2) is 31.7 Å². The number of amides is 2. The molecule has 0 radical (unpaired) electrons. The number of carbonyl (C=O) groups excluding carboxylic acids is 2. The van der Waals surface area contributed by atoms with E-state index in [4.69, 9.17) is 4.74 Å². The highest BCUT2D eigenvalue weighted by Gasteiger charge is 1.99. The molecule has 5 heteroatoms. The fourth-order valence-corrected chi connectivity index (χ4v) is 1.42. The van der Waals surface area contributed by atoms with Crippen molar-refractivity contribution < 1.29 is 14.3 Å². The second-order valence-electron chi connectivity index (χ2n) is 4.31. The van der Waals surface area contributed by atoms with Crippen molar-refractivity contribution >= 4 is 12.0 Å². The zero-order chi connectivity index (χ0) is 13.6. The van der Waals surface area contributed by atoms with Crippen molar-refractivity contribution in [2.24, 2.45) is 0 Å². The largest absolute Gasteiger partial charge is 0.450 e. The lowest BCUT2D eigenvalue weighted by atomic mass is 10.2. The molecule has 0 fully saturated rings. The molecular weight excluding hydrogens is 232 g/mol. The molecule has 0 spiro atoms. The molecule has 0 unspecified atom stereocenters. The molecule has 18 heavy (non-hydrogen) atoms. The number of alkyl carbamates (subject to hydrolysis) is 1. The minimum absolute atomic E-state index is 0.0199. The first-order chi connectivity index (χ1) is 8.66. The molecule has 0 aromatic carbocycles. The molecule has 0 aromatic heterocycles. The second kappa shape index (κ2) is 12.2. The van der Waals surface area contributed by atoms with Crippen molar-refractivity contribution in [3.63, 3.8) is 0 Å². The van der Waals surface area contributed by atoms with Crippen LogP contribution in [0.4, 0.5) is 4.79 Å². The summed E-state index contributed by atoms with van der Waals surface area (Å²) in [4.78, 5) is 21.7. The van der Waals surface area contributed by atoms with Crippen LogP contribution in [0.25, 0.3) is 0 Å². The Morgan fingerprint density at radius 3 is 2.11 bits per heavy atom. The van der Waals surface area contributed by atoms with Gasteiger partial charge in [0.2, 0.25) is 5.91 Å². The number of hydrogen-bond acceptors (Lipinski definition) is 3. The van der Waals surface area contributed by atoms with Crippen LogP contribution >= 0.6 is 0 Å². The summed E-state index contributed by atoms with van der Waals surface area (Å²) in [5, 5.41) is 5.47. The second-order valence-corrected chi connectivity index (χ2v) is 4.31. The SMILES string of the molecule is CCCCOC(=O)NCCCCCCNC(C)=O. The lowest BCUT2D eigenvalue weighted by molar-refractivity contribution is -0.118. The molecular formula is C13H26N2O3. The molecule has 0 aliphatic rings. The summed E-state index contributed by atoms with van der Waals surface area (Å²) in [5.41, 5.74) is 0. The average Bonchev–Trinajstić information content (AvgIpc) is 2.32. The molecule has 106 valence electrons. The average molecular weight is 258 g/mol. The number of carbonyl (C=O) groups is 2. The molecule has 0 aliphatic carbocycles. The number of hydrogen-bond donors (Lipinski definition) is 2. The Kier molecular flexibility index (Phi) is 11.3. The first kappa shape index (κ1) is 16.7. The Bertz CT molecular complexity index is 232. The Labute approximate surface area is 110 Å². The highest BCUT2D eigenvalue weighted by Crippen LogP contribution is 1.98. The number of ether oxygens (including phenoxy) is 1. The van der Waals surface area contributed by atoms with Crippen molar-refractivity contribution in [1.29, 1.82) is 0 Å². The minimum atomic E-state index is -0.318. The van der Waals surface area contributed by atoms with Gasteiger partial charge in [0.25, 0.3) is 0 Å². The maximum atomic E-state index is 11.1. The van der Waals surface area contributed by atoms with Crippen molar-refractivity contribution in [2.45, 2.75) is 52.4 Å². The van der Waals surface area contributed by atoms with E-state index < -0.39 is 0 Å². The van der Waals surface area contributed by atoms with Crippen molar-refractivity contribution in [3.8, 4) is 0 Å². The third kappa shape index (κ3) is 12.8. The van der Waals surface area contributed by atoms with Crippen LogP contribution in [0.1, 0.15) is 52.4 Å². The van der Waals surface area contributed by atoms with E-state index in [1.54, 1.807) is 0 Å². The third-order valence-corrected chi connectivity index (χ3v) is 2.48. The van der Waals surface area contributed by atoms with E-state index in [9.17, 15) is 9.59 Å². The summed E-state index contributed by atoms with van der Waals surface area (Å²) < 4.78 is 4.96. The van der Waals surface area contributed by atoms with Gasteiger partial charge in [0.05, 0.1) is 6.61 Å². The Morgan fingerprint density at radius 1 is 0.944 bits per heavy atom. The third-order valence-electron chi connectivity index (χ3n) is 2.48. The first-order valence-corrected chi connectivity index (χ1v) is 6.82. The fourth-order valence-electron chi connectivity index (χ4n) is 1.42. The van der Waals surface area contributed by atoms with E-state index in [0.29, 0.717) is 13.2 Å². The lowest BCUT2D eigenvalue weighted by Gasteiger charge is -2.06. The van der Waals surface area contributed by atoms with Crippen molar-refractivity contribution in [2.75, 3.05) is 19.7 Å². The molecule has 0 atom stereocenters. The van der Waals surface area contributed by atoms with E-state index in [2.05, 4.69) is 17.6 Å². The predicted octanol–water partition coefficient (Wildman–Crippen LogP) is 2.21. The maximum absolute atomic E-state index is 11.1. The maximum Gasteiger partial charge on any atom is 0.407 e. The normalized spacial score (nSPS) is 9.89. The minimum Gasteiger partial charge on any atom is -0.450 e. The van der Waals surface area contributed by atoms with Crippen LogP contribution in [0.3, 0.4) is 0 Å². The molecule has 0 rings (SSSR count). The van der Waals surface area contributed by atoms with Gasteiger partial charge in [-0.1, -0.05) is 26.2 Å². The van der Waals surface area contributed by atoms with Gasteiger partial charge < -0.3 is 15.4 Å². The summed E-state index contributed by atoms with van der Waals surface area (Å²) in [5.74, 6) is 0.0199. The summed E-state index contributed by atoms with van der Waals surface area (Å²) in [6, 6.07) is 0. The highest BCUT2D eigenvalue weighted by molar-refractivity contribution is 5.72. The van der Waals surface area contributed by atoms with Crippen LogP contribution < -0.4 is 10.6 Å². The Hall–Kier alpha value is -1.26. The molecule has 2 N–H and O–H groups in total. The zero-order valence-electron chi connectivity index (χ0n) is 11.6. The van der Waals surface area contributed by atoms with Crippen LogP contribution in [0.5, 0.6) is 0 Å². The van der Waals surface area contributed by atoms with E-state index >= 15 is 0 Å². The van der Waals surface area contributed by atoms with Gasteiger partial charge in [-0.3, -0.25) is 4.79 Å². The summed E-state index contributed by atoms with van der Waals surface area (Å²) in [6.45, 7) is 5.47. The molecule has 0 bridgehead atoms. The van der Waals surface area contributed by atoms with Gasteiger partial charge in [0.15, 0.2) is 0 Å². The zero-order valence-corrected chi connectivity index (χ0v) is 11.6.